The van der Waals surface area contributed by atoms with Gasteiger partial charge in [-0.15, -0.1) is 0 Å². The summed E-state index contributed by atoms with van der Waals surface area (Å²) in [5.74, 6) is 2.64. The third-order valence-electron chi connectivity index (χ3n) is 6.75. The van der Waals surface area contributed by atoms with Crippen molar-refractivity contribution in [2.75, 3.05) is 72.7 Å². The lowest BCUT2D eigenvalue weighted by Gasteiger charge is -2.34. The third kappa shape index (κ3) is 7.64. The highest BCUT2D eigenvalue weighted by atomic mass is 16.5. The number of hydrogen-bond donors (Lipinski definition) is 2. The van der Waals surface area contributed by atoms with Crippen molar-refractivity contribution in [3.05, 3.63) is 29.8 Å². The second kappa shape index (κ2) is 13.7. The molecule has 2 N–H and O–H groups in total. The predicted octanol–water partition coefficient (Wildman–Crippen LogP) is 2.75. The molecular formula is C25H43N5O2. The van der Waals surface area contributed by atoms with Crippen molar-refractivity contribution < 1.29 is 9.47 Å². The summed E-state index contributed by atoms with van der Waals surface area (Å²) in [6.45, 7) is 14.1. The average molecular weight is 446 g/mol. The lowest BCUT2D eigenvalue weighted by atomic mass is 9.93. The lowest BCUT2D eigenvalue weighted by molar-refractivity contribution is 0.0179. The minimum absolute atomic E-state index is 0.235. The first kappa shape index (κ1) is 24.8. The summed E-state index contributed by atoms with van der Waals surface area (Å²) in [5, 5.41) is 7.02. The number of benzene rings is 1. The Balaban J connectivity index is 1.58. The maximum absolute atomic E-state index is 5.59. The van der Waals surface area contributed by atoms with E-state index in [0.29, 0.717) is 0 Å². The summed E-state index contributed by atoms with van der Waals surface area (Å²) in [6, 6.07) is 8.65. The first-order valence-corrected chi connectivity index (χ1v) is 12.4. The van der Waals surface area contributed by atoms with Crippen molar-refractivity contribution in [1.82, 2.24) is 20.4 Å². The van der Waals surface area contributed by atoms with Gasteiger partial charge in [-0.2, -0.15) is 0 Å². The third-order valence-corrected chi connectivity index (χ3v) is 6.75. The Morgan fingerprint density at radius 2 is 1.81 bits per heavy atom. The molecular weight excluding hydrogens is 402 g/mol. The summed E-state index contributed by atoms with van der Waals surface area (Å²) < 4.78 is 10.9. The number of nitrogens with zero attached hydrogens (tertiary/aromatic N) is 3. The molecule has 1 atom stereocenters. The van der Waals surface area contributed by atoms with Crippen LogP contribution in [0, 0.1) is 5.92 Å². The van der Waals surface area contributed by atoms with Crippen molar-refractivity contribution in [3.8, 4) is 5.75 Å². The normalized spacial score (nSPS) is 20.2. The first-order valence-electron chi connectivity index (χ1n) is 12.4. The van der Waals surface area contributed by atoms with E-state index in [4.69, 9.17) is 14.5 Å². The van der Waals surface area contributed by atoms with Gasteiger partial charge in [0.1, 0.15) is 5.75 Å². The molecule has 0 bridgehead atoms. The van der Waals surface area contributed by atoms with Crippen LogP contribution in [0.15, 0.2) is 29.3 Å². The Labute approximate surface area is 194 Å². The predicted molar refractivity (Wildman–Crippen MR) is 132 cm³/mol. The summed E-state index contributed by atoms with van der Waals surface area (Å²) in [7, 11) is 1.71. The van der Waals surface area contributed by atoms with Gasteiger partial charge in [0.05, 0.1) is 32.9 Å². The second-order valence-electron chi connectivity index (χ2n) is 8.75. The van der Waals surface area contributed by atoms with Crippen molar-refractivity contribution in [1.29, 1.82) is 0 Å². The molecule has 3 rings (SSSR count). The highest BCUT2D eigenvalue weighted by Crippen LogP contribution is 2.24. The van der Waals surface area contributed by atoms with Crippen molar-refractivity contribution in [3.63, 3.8) is 0 Å². The summed E-state index contributed by atoms with van der Waals surface area (Å²) >= 11 is 0. The maximum atomic E-state index is 5.59. The highest BCUT2D eigenvalue weighted by molar-refractivity contribution is 5.79. The van der Waals surface area contributed by atoms with E-state index >= 15 is 0 Å². The molecule has 32 heavy (non-hydrogen) atoms. The molecule has 1 unspecified atom stereocenters. The molecule has 2 aliphatic heterocycles. The quantitative estimate of drug-likeness (QED) is 0.427. The van der Waals surface area contributed by atoms with Gasteiger partial charge in [0.15, 0.2) is 5.96 Å². The van der Waals surface area contributed by atoms with Gasteiger partial charge in [0.25, 0.3) is 0 Å². The van der Waals surface area contributed by atoms with Crippen LogP contribution in [0.2, 0.25) is 0 Å². The molecule has 0 radical (unpaired) electrons. The Morgan fingerprint density at radius 1 is 1.09 bits per heavy atom. The van der Waals surface area contributed by atoms with Crippen LogP contribution in [0.1, 0.15) is 44.7 Å². The van der Waals surface area contributed by atoms with Crippen LogP contribution in [0.5, 0.6) is 5.75 Å². The molecule has 1 aromatic rings. The molecule has 2 aliphatic rings. The molecule has 0 amide bonds. The standard InChI is InChI=1S/C25H43N5O2/c1-4-26-25(27-13-10-21-11-14-29(5-2)15-12-21)28-20-24(30-16-18-32-19-17-30)22-6-8-23(31-3)9-7-22/h6-9,21,24H,4-5,10-20H2,1-3H3,(H2,26,27,28). The number of ether oxygens (including phenoxy) is 2. The molecule has 0 aliphatic carbocycles. The zero-order valence-corrected chi connectivity index (χ0v) is 20.3. The zero-order chi connectivity index (χ0) is 22.6. The Hall–Kier alpha value is -1.83. The number of piperidine rings is 1. The van der Waals surface area contributed by atoms with E-state index in [1.165, 1.54) is 44.5 Å². The first-order chi connectivity index (χ1) is 15.7. The van der Waals surface area contributed by atoms with Crippen LogP contribution in [0.4, 0.5) is 0 Å². The van der Waals surface area contributed by atoms with Gasteiger partial charge in [0.2, 0.25) is 0 Å². The van der Waals surface area contributed by atoms with Crippen LogP contribution in [0.25, 0.3) is 0 Å². The fraction of sp³-hybridized carbons (Fsp3) is 0.720. The smallest absolute Gasteiger partial charge is 0.191 e. The fourth-order valence-corrected chi connectivity index (χ4v) is 4.65. The topological polar surface area (TPSA) is 61.4 Å². The maximum Gasteiger partial charge on any atom is 0.191 e. The fourth-order valence-electron chi connectivity index (χ4n) is 4.65. The molecule has 2 fully saturated rings. The van der Waals surface area contributed by atoms with E-state index in [-0.39, 0.29) is 6.04 Å². The van der Waals surface area contributed by atoms with Crippen LogP contribution in [-0.2, 0) is 4.74 Å². The van der Waals surface area contributed by atoms with Gasteiger partial charge in [-0.25, -0.2) is 0 Å². The van der Waals surface area contributed by atoms with Gasteiger partial charge in [-0.3, -0.25) is 9.89 Å². The van der Waals surface area contributed by atoms with Crippen molar-refractivity contribution in [2.45, 2.75) is 39.2 Å². The number of guanidine groups is 1. The van der Waals surface area contributed by atoms with Crippen LogP contribution >= 0.6 is 0 Å². The Bertz CT molecular complexity index is 667. The Morgan fingerprint density at radius 3 is 2.44 bits per heavy atom. The number of likely N-dealkylation sites (tertiary alicyclic amines) is 1. The monoisotopic (exact) mass is 445 g/mol. The van der Waals surface area contributed by atoms with E-state index in [1.807, 2.05) is 12.1 Å². The molecule has 180 valence electrons. The van der Waals surface area contributed by atoms with E-state index in [0.717, 1.165) is 63.6 Å². The van der Waals surface area contributed by atoms with Crippen molar-refractivity contribution >= 4 is 5.96 Å². The molecule has 0 spiro atoms. The van der Waals surface area contributed by atoms with Gasteiger partial charge in [0, 0.05) is 26.2 Å². The van der Waals surface area contributed by atoms with Crippen LogP contribution in [0.3, 0.4) is 0 Å². The minimum atomic E-state index is 0.235. The molecule has 2 heterocycles. The van der Waals surface area contributed by atoms with Crippen molar-refractivity contribution in [2.24, 2.45) is 10.9 Å². The number of nitrogens with one attached hydrogen (secondary N) is 2. The highest BCUT2D eigenvalue weighted by Gasteiger charge is 2.23. The summed E-state index contributed by atoms with van der Waals surface area (Å²) in [4.78, 5) is 10.0. The van der Waals surface area contributed by atoms with E-state index < -0.39 is 0 Å². The van der Waals surface area contributed by atoms with Gasteiger partial charge < -0.3 is 25.0 Å². The molecule has 2 saturated heterocycles. The van der Waals surface area contributed by atoms with E-state index in [2.05, 4.69) is 46.4 Å². The molecule has 0 aromatic heterocycles. The summed E-state index contributed by atoms with van der Waals surface area (Å²) in [6.07, 6.45) is 3.85. The van der Waals surface area contributed by atoms with Crippen LogP contribution < -0.4 is 15.4 Å². The molecule has 7 heteroatoms. The van der Waals surface area contributed by atoms with Crippen LogP contribution in [-0.4, -0.2) is 88.4 Å². The van der Waals surface area contributed by atoms with E-state index in [9.17, 15) is 0 Å². The second-order valence-corrected chi connectivity index (χ2v) is 8.75. The SMILES string of the molecule is CCNC(=NCC(c1ccc(OC)cc1)N1CCOCC1)NCCC1CCN(CC)CC1. The molecule has 7 nitrogen and oxygen atoms in total. The Kier molecular flexibility index (Phi) is 10.6. The average Bonchev–Trinajstić information content (AvgIpc) is 2.85. The van der Waals surface area contributed by atoms with Gasteiger partial charge in [-0.05, 0) is 69.4 Å². The number of aliphatic imine (C=N–C) groups is 1. The number of morpholine rings is 1. The minimum Gasteiger partial charge on any atom is -0.497 e. The molecule has 0 saturated carbocycles. The number of methoxy groups -OCH3 is 1. The lowest BCUT2D eigenvalue weighted by Crippen LogP contribution is -2.42. The van der Waals surface area contributed by atoms with E-state index in [1.54, 1.807) is 7.11 Å². The molecule has 1 aromatic carbocycles. The number of hydrogen-bond acceptors (Lipinski definition) is 5. The van der Waals surface area contributed by atoms with Gasteiger partial charge in [-0.1, -0.05) is 19.1 Å². The zero-order valence-electron chi connectivity index (χ0n) is 20.3. The largest absolute Gasteiger partial charge is 0.497 e. The summed E-state index contributed by atoms with van der Waals surface area (Å²) in [5.41, 5.74) is 1.27. The number of rotatable bonds is 10. The van der Waals surface area contributed by atoms with Gasteiger partial charge >= 0.3 is 0 Å².